The third-order valence-electron chi connectivity index (χ3n) is 2.28. The van der Waals surface area contributed by atoms with E-state index >= 15 is 0 Å². The highest BCUT2D eigenvalue weighted by Gasteiger charge is 2.26. The summed E-state index contributed by atoms with van der Waals surface area (Å²) in [5, 5.41) is 10.5. The molecule has 0 saturated heterocycles. The predicted octanol–water partition coefficient (Wildman–Crippen LogP) is 1.50. The van der Waals surface area contributed by atoms with E-state index < -0.39 is 16.3 Å². The first-order valence-electron chi connectivity index (χ1n) is 4.55. The summed E-state index contributed by atoms with van der Waals surface area (Å²) >= 11 is 0. The number of rotatable bonds is 4. The van der Waals surface area contributed by atoms with Gasteiger partial charge in [0.15, 0.2) is 0 Å². The Bertz CT molecular complexity index is 432. The Hall–Kier alpha value is -1.82. The lowest BCUT2D eigenvalue weighted by Gasteiger charge is -2.22. The van der Waals surface area contributed by atoms with E-state index in [1.54, 1.807) is 0 Å². The van der Waals surface area contributed by atoms with E-state index in [0.29, 0.717) is 6.29 Å². The van der Waals surface area contributed by atoms with Crippen LogP contribution in [0.4, 0.5) is 10.1 Å². The van der Waals surface area contributed by atoms with Crippen molar-refractivity contribution in [1.29, 1.82) is 0 Å². The van der Waals surface area contributed by atoms with Crippen molar-refractivity contribution in [3.05, 3.63) is 39.7 Å². The van der Waals surface area contributed by atoms with Crippen molar-refractivity contribution in [2.45, 2.75) is 18.9 Å². The van der Waals surface area contributed by atoms with Gasteiger partial charge in [0.2, 0.25) is 0 Å². The number of carbonyl (C=O) groups is 1. The van der Waals surface area contributed by atoms with Gasteiger partial charge in [0.25, 0.3) is 5.69 Å². The van der Waals surface area contributed by atoms with Crippen molar-refractivity contribution in [3.8, 4) is 0 Å². The number of nitro benzene ring substituents is 1. The van der Waals surface area contributed by atoms with E-state index in [-0.39, 0.29) is 17.7 Å². The first-order valence-corrected chi connectivity index (χ1v) is 4.55. The van der Waals surface area contributed by atoms with Crippen LogP contribution in [0.2, 0.25) is 0 Å². The molecule has 5 nitrogen and oxygen atoms in total. The maximum absolute atomic E-state index is 13.4. The summed E-state index contributed by atoms with van der Waals surface area (Å²) in [5.74, 6) is -0.655. The predicted molar refractivity (Wildman–Crippen MR) is 55.3 cm³/mol. The number of hydrogen-bond acceptors (Lipinski definition) is 4. The molecule has 0 aromatic heterocycles. The Labute approximate surface area is 91.2 Å². The molecular formula is C10H11FN2O3. The highest BCUT2D eigenvalue weighted by atomic mass is 19.1. The fraction of sp³-hybridized carbons (Fsp3) is 0.300. The van der Waals surface area contributed by atoms with Crippen LogP contribution in [0.3, 0.4) is 0 Å². The largest absolute Gasteiger partial charge is 0.321 e. The van der Waals surface area contributed by atoms with Gasteiger partial charge in [0.05, 0.1) is 4.92 Å². The third-order valence-corrected chi connectivity index (χ3v) is 2.28. The fourth-order valence-electron chi connectivity index (χ4n) is 1.35. The Morgan fingerprint density at radius 3 is 2.75 bits per heavy atom. The number of hydrogen-bond donors (Lipinski definition) is 1. The first kappa shape index (κ1) is 12.3. The molecule has 0 saturated carbocycles. The van der Waals surface area contributed by atoms with E-state index in [1.807, 2.05) is 0 Å². The Balaban J connectivity index is 3.26. The molecule has 6 heteroatoms. The van der Waals surface area contributed by atoms with Crippen LogP contribution in [0.5, 0.6) is 0 Å². The van der Waals surface area contributed by atoms with Gasteiger partial charge in [0.1, 0.15) is 12.1 Å². The number of aldehydes is 1. The highest BCUT2D eigenvalue weighted by Crippen LogP contribution is 2.27. The molecule has 0 fully saturated rings. The number of carbonyl (C=O) groups excluding carboxylic acids is 1. The summed E-state index contributed by atoms with van der Waals surface area (Å²) in [6, 6.07) is 3.08. The van der Waals surface area contributed by atoms with E-state index in [4.69, 9.17) is 5.73 Å². The van der Waals surface area contributed by atoms with Gasteiger partial charge >= 0.3 is 0 Å². The highest BCUT2D eigenvalue weighted by molar-refractivity contribution is 5.53. The van der Waals surface area contributed by atoms with E-state index in [2.05, 4.69) is 0 Å². The Morgan fingerprint density at radius 1 is 1.62 bits per heavy atom. The summed E-state index contributed by atoms with van der Waals surface area (Å²) in [7, 11) is 0. The maximum atomic E-state index is 13.4. The van der Waals surface area contributed by atoms with Crippen LogP contribution in [0.25, 0.3) is 0 Å². The minimum atomic E-state index is -1.24. The van der Waals surface area contributed by atoms with Crippen LogP contribution < -0.4 is 5.73 Å². The Morgan fingerprint density at radius 2 is 2.25 bits per heavy atom. The molecule has 86 valence electrons. The molecule has 0 aliphatic carbocycles. The van der Waals surface area contributed by atoms with E-state index in [0.717, 1.165) is 18.2 Å². The van der Waals surface area contributed by atoms with Gasteiger partial charge in [0, 0.05) is 29.7 Å². The fourth-order valence-corrected chi connectivity index (χ4v) is 1.35. The second-order valence-electron chi connectivity index (χ2n) is 3.71. The van der Waals surface area contributed by atoms with Gasteiger partial charge in [-0.15, -0.1) is 0 Å². The zero-order valence-corrected chi connectivity index (χ0v) is 8.64. The molecule has 0 radical (unpaired) electrons. The molecule has 16 heavy (non-hydrogen) atoms. The zero-order valence-electron chi connectivity index (χ0n) is 8.64. The van der Waals surface area contributed by atoms with Crippen molar-refractivity contribution in [1.82, 2.24) is 0 Å². The quantitative estimate of drug-likeness (QED) is 0.478. The third kappa shape index (κ3) is 2.40. The lowest BCUT2D eigenvalue weighted by atomic mass is 9.89. The van der Waals surface area contributed by atoms with Crippen LogP contribution >= 0.6 is 0 Å². The van der Waals surface area contributed by atoms with Crippen molar-refractivity contribution >= 4 is 12.0 Å². The Kier molecular flexibility index (Phi) is 3.34. The molecule has 0 aliphatic heterocycles. The topological polar surface area (TPSA) is 86.2 Å². The average molecular weight is 226 g/mol. The molecule has 0 bridgehead atoms. The number of benzene rings is 1. The van der Waals surface area contributed by atoms with Crippen LogP contribution in [0.1, 0.15) is 18.9 Å². The molecule has 1 rings (SSSR count). The summed E-state index contributed by atoms with van der Waals surface area (Å²) in [6.07, 6.45) is 0.448. The van der Waals surface area contributed by atoms with Crippen LogP contribution in [-0.4, -0.2) is 11.2 Å². The molecule has 0 aliphatic rings. The molecule has 0 amide bonds. The van der Waals surface area contributed by atoms with E-state index in [9.17, 15) is 19.3 Å². The van der Waals surface area contributed by atoms with Gasteiger partial charge in [-0.25, -0.2) is 4.39 Å². The minimum Gasteiger partial charge on any atom is -0.321 e. The molecule has 1 aromatic carbocycles. The van der Waals surface area contributed by atoms with Gasteiger partial charge in [-0.3, -0.25) is 10.1 Å². The van der Waals surface area contributed by atoms with Gasteiger partial charge < -0.3 is 10.5 Å². The molecule has 1 atom stereocenters. The van der Waals surface area contributed by atoms with Crippen molar-refractivity contribution < 1.29 is 14.1 Å². The monoisotopic (exact) mass is 226 g/mol. The van der Waals surface area contributed by atoms with Crippen molar-refractivity contribution in [2.75, 3.05) is 0 Å². The molecule has 0 spiro atoms. The van der Waals surface area contributed by atoms with Crippen LogP contribution in [0, 0.1) is 15.9 Å². The van der Waals surface area contributed by atoms with Gasteiger partial charge in [-0.05, 0) is 13.0 Å². The molecule has 1 aromatic rings. The van der Waals surface area contributed by atoms with Gasteiger partial charge in [-0.1, -0.05) is 0 Å². The smallest absolute Gasteiger partial charge is 0.269 e. The van der Waals surface area contributed by atoms with Crippen molar-refractivity contribution in [3.63, 3.8) is 0 Å². The summed E-state index contributed by atoms with van der Waals surface area (Å²) in [5.41, 5.74) is 4.20. The molecule has 0 heterocycles. The summed E-state index contributed by atoms with van der Waals surface area (Å²) < 4.78 is 13.4. The summed E-state index contributed by atoms with van der Waals surface area (Å²) in [6.45, 7) is 1.45. The zero-order chi connectivity index (χ0) is 12.3. The van der Waals surface area contributed by atoms with Crippen LogP contribution in [-0.2, 0) is 10.3 Å². The first-order chi connectivity index (χ1) is 7.38. The van der Waals surface area contributed by atoms with Crippen LogP contribution in [0.15, 0.2) is 18.2 Å². The summed E-state index contributed by atoms with van der Waals surface area (Å²) in [4.78, 5) is 20.3. The standard InChI is InChI=1S/C10H11FN2O3/c1-10(12,4-5-14)8-6-7(13(15)16)2-3-9(8)11/h2-3,5-6H,4,12H2,1H3/t10-/m0/s1. The SMILES string of the molecule is C[C@](N)(CC=O)c1cc([N+](=O)[O-])ccc1F. The number of nitrogens with zero attached hydrogens (tertiary/aromatic N) is 1. The normalized spacial score (nSPS) is 14.2. The minimum absolute atomic E-state index is 0.0335. The molecule has 2 N–H and O–H groups in total. The number of halogens is 1. The van der Waals surface area contributed by atoms with Crippen molar-refractivity contribution in [2.24, 2.45) is 5.73 Å². The van der Waals surface area contributed by atoms with E-state index in [1.165, 1.54) is 6.92 Å². The second kappa shape index (κ2) is 4.36. The number of nitrogens with two attached hydrogens (primary N) is 1. The number of nitro groups is 1. The molecule has 0 unspecified atom stereocenters. The lowest BCUT2D eigenvalue weighted by molar-refractivity contribution is -0.385. The number of non-ortho nitro benzene ring substituents is 1. The van der Waals surface area contributed by atoms with Gasteiger partial charge in [-0.2, -0.15) is 0 Å². The second-order valence-corrected chi connectivity index (χ2v) is 3.71. The average Bonchev–Trinajstić information content (AvgIpc) is 2.17. The maximum Gasteiger partial charge on any atom is 0.269 e. The molecular weight excluding hydrogens is 215 g/mol. The lowest BCUT2D eigenvalue weighted by Crippen LogP contribution is -2.34.